The summed E-state index contributed by atoms with van der Waals surface area (Å²) in [6.07, 6.45) is 1.84. The van der Waals surface area contributed by atoms with Crippen LogP contribution in [-0.4, -0.2) is 43.8 Å². The number of aromatic nitrogens is 3. The average Bonchev–Trinajstić information content (AvgIpc) is 3.10. The Balaban J connectivity index is 1.81. The Labute approximate surface area is 149 Å². The van der Waals surface area contributed by atoms with Crippen molar-refractivity contribution in [3.63, 3.8) is 0 Å². The molecule has 1 aliphatic heterocycles. The molecule has 0 aliphatic carbocycles. The van der Waals surface area contributed by atoms with Gasteiger partial charge in [-0.25, -0.2) is 9.78 Å². The molecule has 3 rings (SSSR count). The number of amides is 2. The molecule has 25 heavy (non-hydrogen) atoms. The van der Waals surface area contributed by atoms with Gasteiger partial charge in [-0.2, -0.15) is 5.10 Å². The maximum atomic E-state index is 12.6. The van der Waals surface area contributed by atoms with Gasteiger partial charge in [-0.05, 0) is 20.8 Å². The van der Waals surface area contributed by atoms with Crippen molar-refractivity contribution in [2.45, 2.75) is 39.3 Å². The van der Waals surface area contributed by atoms with E-state index in [0.717, 1.165) is 11.3 Å². The molecule has 3 heterocycles. The van der Waals surface area contributed by atoms with Crippen molar-refractivity contribution in [3.8, 4) is 0 Å². The van der Waals surface area contributed by atoms with Crippen LogP contribution in [0.4, 0.5) is 9.93 Å². The lowest BCUT2D eigenvalue weighted by Gasteiger charge is -2.29. The monoisotopic (exact) mass is 363 g/mol. The molecule has 9 heteroatoms. The van der Waals surface area contributed by atoms with E-state index in [4.69, 9.17) is 4.74 Å². The normalized spacial score (nSPS) is 14.2. The van der Waals surface area contributed by atoms with Gasteiger partial charge in [0.2, 0.25) is 0 Å². The highest BCUT2D eigenvalue weighted by molar-refractivity contribution is 7.13. The first kappa shape index (κ1) is 17.4. The van der Waals surface area contributed by atoms with Crippen LogP contribution in [0.25, 0.3) is 0 Å². The smallest absolute Gasteiger partial charge is 0.410 e. The number of carbonyl (C=O) groups excluding carboxylic acids is 2. The van der Waals surface area contributed by atoms with Gasteiger partial charge in [-0.1, -0.05) is 0 Å². The maximum absolute atomic E-state index is 12.6. The van der Waals surface area contributed by atoms with Crippen LogP contribution in [0.15, 0.2) is 11.6 Å². The molecule has 0 saturated carbocycles. The summed E-state index contributed by atoms with van der Waals surface area (Å²) < 4.78 is 7.00. The summed E-state index contributed by atoms with van der Waals surface area (Å²) in [5.74, 6) is -0.280. The number of fused-ring (bicyclic) bond motifs is 1. The van der Waals surface area contributed by atoms with Crippen LogP contribution in [0, 0.1) is 0 Å². The molecule has 0 bridgehead atoms. The Hall–Kier alpha value is -2.42. The van der Waals surface area contributed by atoms with Gasteiger partial charge in [0.25, 0.3) is 5.91 Å². The Morgan fingerprint density at radius 2 is 2.12 bits per heavy atom. The van der Waals surface area contributed by atoms with Crippen LogP contribution in [0.2, 0.25) is 0 Å². The molecule has 0 fully saturated rings. The minimum Gasteiger partial charge on any atom is -0.444 e. The number of nitrogens with zero attached hydrogens (tertiary/aromatic N) is 4. The topological polar surface area (TPSA) is 89.4 Å². The molecule has 0 radical (unpaired) electrons. The van der Waals surface area contributed by atoms with Crippen molar-refractivity contribution in [1.82, 2.24) is 19.7 Å². The maximum Gasteiger partial charge on any atom is 0.410 e. The quantitative estimate of drug-likeness (QED) is 0.885. The predicted molar refractivity (Wildman–Crippen MR) is 93.6 cm³/mol. The molecule has 1 aliphatic rings. The van der Waals surface area contributed by atoms with E-state index in [2.05, 4.69) is 15.4 Å². The van der Waals surface area contributed by atoms with Crippen LogP contribution in [0.5, 0.6) is 0 Å². The van der Waals surface area contributed by atoms with Crippen molar-refractivity contribution < 1.29 is 14.3 Å². The number of carbonyl (C=O) groups is 2. The van der Waals surface area contributed by atoms with Crippen molar-refractivity contribution in [1.29, 1.82) is 0 Å². The predicted octanol–water partition coefficient (Wildman–Crippen LogP) is 2.42. The largest absolute Gasteiger partial charge is 0.444 e. The Morgan fingerprint density at radius 3 is 2.76 bits per heavy atom. The second-order valence-corrected chi connectivity index (χ2v) is 7.74. The number of rotatable bonds is 2. The van der Waals surface area contributed by atoms with Gasteiger partial charge in [0.1, 0.15) is 11.3 Å². The molecule has 0 atom stereocenters. The summed E-state index contributed by atoms with van der Waals surface area (Å²) in [4.78, 5) is 30.6. The zero-order chi connectivity index (χ0) is 18.2. The van der Waals surface area contributed by atoms with E-state index in [-0.39, 0.29) is 12.0 Å². The van der Waals surface area contributed by atoms with E-state index in [1.165, 1.54) is 11.3 Å². The fourth-order valence-electron chi connectivity index (χ4n) is 2.71. The highest BCUT2D eigenvalue weighted by atomic mass is 32.1. The van der Waals surface area contributed by atoms with Crippen molar-refractivity contribution in [3.05, 3.63) is 28.5 Å². The summed E-state index contributed by atoms with van der Waals surface area (Å²) in [6.45, 7) is 6.32. The Morgan fingerprint density at radius 1 is 1.36 bits per heavy atom. The molecular weight excluding hydrogens is 342 g/mol. The first-order valence-corrected chi connectivity index (χ1v) is 8.86. The number of hydrogen-bond donors (Lipinski definition) is 1. The summed E-state index contributed by atoms with van der Waals surface area (Å²) in [6, 6.07) is 0. The van der Waals surface area contributed by atoms with Gasteiger partial charge in [0.15, 0.2) is 5.13 Å². The number of ether oxygens (including phenoxy) is 1. The fourth-order valence-corrected chi connectivity index (χ4v) is 3.23. The molecule has 0 spiro atoms. The van der Waals surface area contributed by atoms with Crippen molar-refractivity contribution in [2.75, 3.05) is 11.9 Å². The first-order chi connectivity index (χ1) is 11.7. The molecule has 2 amide bonds. The molecule has 2 aromatic rings. The molecule has 134 valence electrons. The highest BCUT2D eigenvalue weighted by Crippen LogP contribution is 2.24. The van der Waals surface area contributed by atoms with Crippen LogP contribution < -0.4 is 5.32 Å². The van der Waals surface area contributed by atoms with E-state index in [0.29, 0.717) is 30.3 Å². The van der Waals surface area contributed by atoms with Gasteiger partial charge < -0.3 is 9.64 Å². The zero-order valence-electron chi connectivity index (χ0n) is 14.7. The van der Waals surface area contributed by atoms with Crippen molar-refractivity contribution in [2.24, 2.45) is 7.05 Å². The molecule has 2 aromatic heterocycles. The molecule has 0 saturated heterocycles. The lowest BCUT2D eigenvalue weighted by atomic mass is 10.1. The minimum atomic E-state index is -0.558. The van der Waals surface area contributed by atoms with Crippen molar-refractivity contribution >= 4 is 28.5 Å². The number of aryl methyl sites for hydroxylation is 1. The standard InChI is InChI=1S/C16H21N5O3S/c1-16(2,3)24-15(23)21-7-5-11-10(9-21)12(20(4)19-11)13(22)18-14-17-6-8-25-14/h6,8H,5,7,9H2,1-4H3,(H,17,18,22). The van der Waals surface area contributed by atoms with Gasteiger partial charge in [0.05, 0.1) is 12.2 Å². The second kappa shape index (κ2) is 6.47. The minimum absolute atomic E-state index is 0.280. The SMILES string of the molecule is Cn1nc2c(c1C(=O)Nc1nccs1)CN(C(=O)OC(C)(C)C)CC2. The summed E-state index contributed by atoms with van der Waals surface area (Å²) in [5, 5.41) is 9.52. The lowest BCUT2D eigenvalue weighted by molar-refractivity contribution is 0.0222. The second-order valence-electron chi connectivity index (χ2n) is 6.84. The number of nitrogens with one attached hydrogen (secondary N) is 1. The third kappa shape index (κ3) is 3.81. The average molecular weight is 363 g/mol. The Kier molecular flexibility index (Phi) is 4.51. The van der Waals surface area contributed by atoms with Crippen LogP contribution in [-0.2, 0) is 24.8 Å². The zero-order valence-corrected chi connectivity index (χ0v) is 15.5. The van der Waals surface area contributed by atoms with E-state index in [9.17, 15) is 9.59 Å². The highest BCUT2D eigenvalue weighted by Gasteiger charge is 2.31. The number of hydrogen-bond acceptors (Lipinski definition) is 6. The van der Waals surface area contributed by atoms with E-state index in [1.807, 2.05) is 20.8 Å². The van der Waals surface area contributed by atoms with Gasteiger partial charge in [0, 0.05) is 37.2 Å². The number of anilines is 1. The number of thiazole rings is 1. The van der Waals surface area contributed by atoms with Gasteiger partial charge in [-0.3, -0.25) is 14.8 Å². The molecule has 8 nitrogen and oxygen atoms in total. The molecular formula is C16H21N5O3S. The lowest BCUT2D eigenvalue weighted by Crippen LogP contribution is -2.40. The fraction of sp³-hybridized carbons (Fsp3) is 0.500. The summed E-state index contributed by atoms with van der Waals surface area (Å²) in [7, 11) is 1.73. The van der Waals surface area contributed by atoms with Gasteiger partial charge >= 0.3 is 6.09 Å². The van der Waals surface area contributed by atoms with E-state index >= 15 is 0 Å². The van der Waals surface area contributed by atoms with E-state index in [1.54, 1.807) is 28.2 Å². The molecule has 1 N–H and O–H groups in total. The van der Waals surface area contributed by atoms with Crippen LogP contribution >= 0.6 is 11.3 Å². The van der Waals surface area contributed by atoms with Gasteiger partial charge in [-0.15, -0.1) is 11.3 Å². The first-order valence-electron chi connectivity index (χ1n) is 7.98. The molecule has 0 unspecified atom stereocenters. The van der Waals surface area contributed by atoms with E-state index < -0.39 is 5.60 Å². The van der Waals surface area contributed by atoms with Crippen LogP contribution in [0.1, 0.15) is 42.5 Å². The van der Waals surface area contributed by atoms with Crippen LogP contribution in [0.3, 0.4) is 0 Å². The Bertz CT molecular complexity index is 792. The molecule has 0 aromatic carbocycles. The summed E-state index contributed by atoms with van der Waals surface area (Å²) in [5.41, 5.74) is 1.48. The summed E-state index contributed by atoms with van der Waals surface area (Å²) >= 11 is 1.35. The third-order valence-electron chi connectivity index (χ3n) is 3.72. The third-order valence-corrected chi connectivity index (χ3v) is 4.40.